The summed E-state index contributed by atoms with van der Waals surface area (Å²) in [6.45, 7) is 1.69. The lowest BCUT2D eigenvalue weighted by molar-refractivity contribution is -0.352. The van der Waals surface area contributed by atoms with Gasteiger partial charge in [0, 0.05) is 29.4 Å². The van der Waals surface area contributed by atoms with E-state index in [0.717, 1.165) is 42.5 Å². The van der Waals surface area contributed by atoms with E-state index in [1.54, 1.807) is 37.6 Å². The van der Waals surface area contributed by atoms with Crippen LogP contribution in [-0.4, -0.2) is 47.5 Å². The number of amidine groups is 1. The first kappa shape index (κ1) is 24.4. The predicted octanol–water partition coefficient (Wildman–Crippen LogP) is 4.47. The Morgan fingerprint density at radius 1 is 1.24 bits per heavy atom. The average molecular weight is 506 g/mol. The third kappa shape index (κ3) is 4.76. The van der Waals surface area contributed by atoms with Crippen LogP contribution in [0.5, 0.6) is 5.75 Å². The van der Waals surface area contributed by atoms with Gasteiger partial charge in [-0.1, -0.05) is 17.8 Å². The molecule has 11 heteroatoms. The van der Waals surface area contributed by atoms with Crippen LogP contribution in [0.15, 0.2) is 47.2 Å². The summed E-state index contributed by atoms with van der Waals surface area (Å²) in [4.78, 5) is 48.3. The Labute approximate surface area is 213 Å². The molecule has 3 aliphatic rings. The van der Waals surface area contributed by atoms with Crippen molar-refractivity contribution in [2.75, 3.05) is 23.5 Å². The number of nitro groups is 1. The smallest absolute Gasteiger partial charge is 0.420 e. The number of benzene rings is 1. The average Bonchev–Trinajstić information content (AvgIpc) is 3.63. The number of anilines is 3. The highest BCUT2D eigenvalue weighted by molar-refractivity contribution is 6.03. The van der Waals surface area contributed by atoms with Gasteiger partial charge >= 0.3 is 11.9 Å². The molecule has 0 saturated heterocycles. The van der Waals surface area contributed by atoms with Crippen molar-refractivity contribution in [3.05, 3.63) is 63.5 Å². The van der Waals surface area contributed by atoms with Gasteiger partial charge in [-0.25, -0.2) is 14.7 Å². The van der Waals surface area contributed by atoms with Gasteiger partial charge in [-0.3, -0.25) is 4.79 Å². The number of hydrogen-bond acceptors (Lipinski definition) is 8. The zero-order valence-electron chi connectivity index (χ0n) is 20.7. The van der Waals surface area contributed by atoms with Crippen molar-refractivity contribution in [3.63, 3.8) is 0 Å². The predicted molar refractivity (Wildman–Crippen MR) is 136 cm³/mol. The van der Waals surface area contributed by atoms with E-state index in [1.165, 1.54) is 11.1 Å². The third-order valence-corrected chi connectivity index (χ3v) is 6.94. The first-order chi connectivity index (χ1) is 17.9. The van der Waals surface area contributed by atoms with Crippen molar-refractivity contribution in [1.82, 2.24) is 4.98 Å². The molecule has 0 atom stereocenters. The number of carbonyl (C=O) groups is 2. The minimum Gasteiger partial charge on any atom is -0.497 e. The van der Waals surface area contributed by atoms with Gasteiger partial charge in [0.05, 0.1) is 31.3 Å². The molecule has 0 bridgehead atoms. The maximum Gasteiger partial charge on any atom is 0.420 e. The number of methoxy groups -OCH3 is 1. The number of nitrogens with zero attached hydrogens (tertiary/aromatic N) is 5. The van der Waals surface area contributed by atoms with Crippen LogP contribution >= 0.6 is 0 Å². The number of amides is 2. The van der Waals surface area contributed by atoms with E-state index < -0.39 is 11.0 Å². The first-order valence-corrected chi connectivity index (χ1v) is 12.2. The van der Waals surface area contributed by atoms with Gasteiger partial charge in [0.2, 0.25) is 5.91 Å². The molecule has 11 nitrogen and oxygen atoms in total. The van der Waals surface area contributed by atoms with E-state index in [1.807, 2.05) is 11.8 Å². The van der Waals surface area contributed by atoms with Crippen molar-refractivity contribution in [3.8, 4) is 5.75 Å². The van der Waals surface area contributed by atoms with Crippen LogP contribution in [0.2, 0.25) is 0 Å². The van der Waals surface area contributed by atoms with Crippen molar-refractivity contribution in [1.29, 1.82) is 0 Å². The van der Waals surface area contributed by atoms with Gasteiger partial charge < -0.3 is 24.5 Å². The van der Waals surface area contributed by atoms with Crippen LogP contribution in [0.3, 0.4) is 0 Å². The van der Waals surface area contributed by atoms with E-state index in [9.17, 15) is 19.7 Å². The summed E-state index contributed by atoms with van der Waals surface area (Å²) >= 11 is 0. The second-order valence-electron chi connectivity index (χ2n) is 9.36. The lowest BCUT2D eigenvalue weighted by Crippen LogP contribution is -2.36. The number of fused-ring (bicyclic) bond motifs is 1. The van der Waals surface area contributed by atoms with Crippen LogP contribution in [0.1, 0.15) is 43.2 Å². The fourth-order valence-electron chi connectivity index (χ4n) is 5.09. The highest BCUT2D eigenvalue weighted by atomic mass is 16.6. The third-order valence-electron chi connectivity index (χ3n) is 6.94. The van der Waals surface area contributed by atoms with Gasteiger partial charge in [-0.05, 0) is 48.5 Å². The van der Waals surface area contributed by atoms with E-state index in [-0.39, 0.29) is 37.2 Å². The fraction of sp³-hybridized carbons (Fsp3) is 0.385. The SMILES string of the molecule is COc1ccc(N(C(=O)OCC2=CN=C([N+](=O)[O-])C2)c2cc3c(cn2)CC(=O)N3C2CCCC2)c(C)c1. The number of pyridine rings is 1. The largest absolute Gasteiger partial charge is 0.497 e. The summed E-state index contributed by atoms with van der Waals surface area (Å²) < 4.78 is 10.9. The Morgan fingerprint density at radius 3 is 2.70 bits per heavy atom. The molecular weight excluding hydrogens is 478 g/mol. The monoisotopic (exact) mass is 505 g/mol. The Balaban J connectivity index is 1.46. The molecule has 1 saturated carbocycles. The molecule has 1 aromatic heterocycles. The number of aryl methyl sites for hydroxylation is 1. The quantitative estimate of drug-likeness (QED) is 0.419. The van der Waals surface area contributed by atoms with Gasteiger partial charge in [0.15, 0.2) is 0 Å². The molecule has 1 aromatic carbocycles. The number of aromatic nitrogens is 1. The highest BCUT2D eigenvalue weighted by Gasteiger charge is 2.36. The van der Waals surface area contributed by atoms with E-state index in [4.69, 9.17) is 9.47 Å². The molecule has 2 aromatic rings. The molecule has 2 aliphatic heterocycles. The number of aliphatic imine (C=N–C) groups is 1. The lowest BCUT2D eigenvalue weighted by atomic mass is 10.1. The zero-order valence-corrected chi connectivity index (χ0v) is 20.7. The Hall–Kier alpha value is -4.28. The second-order valence-corrected chi connectivity index (χ2v) is 9.36. The Morgan fingerprint density at radius 2 is 2.03 bits per heavy atom. The number of ether oxygens (including phenoxy) is 2. The summed E-state index contributed by atoms with van der Waals surface area (Å²) in [6, 6.07) is 7.20. The summed E-state index contributed by atoms with van der Waals surface area (Å²) in [5.74, 6) is 0.809. The second kappa shape index (κ2) is 10.00. The van der Waals surface area contributed by atoms with Crippen LogP contribution in [0.25, 0.3) is 0 Å². The first-order valence-electron chi connectivity index (χ1n) is 12.2. The molecule has 3 heterocycles. The number of hydrogen-bond donors (Lipinski definition) is 0. The molecule has 0 spiro atoms. The molecule has 37 heavy (non-hydrogen) atoms. The highest BCUT2D eigenvalue weighted by Crippen LogP contribution is 2.39. The van der Waals surface area contributed by atoms with E-state index in [0.29, 0.717) is 22.8 Å². The minimum absolute atomic E-state index is 0.0113. The molecule has 1 fully saturated rings. The summed E-state index contributed by atoms with van der Waals surface area (Å²) in [5, 5.41) is 11.0. The van der Waals surface area contributed by atoms with Gasteiger partial charge in [0.25, 0.3) is 0 Å². The Kier molecular flexibility index (Phi) is 6.60. The van der Waals surface area contributed by atoms with Gasteiger partial charge in [0.1, 0.15) is 24.4 Å². The zero-order chi connectivity index (χ0) is 26.1. The van der Waals surface area contributed by atoms with Crippen LogP contribution in [0.4, 0.5) is 22.0 Å². The van der Waals surface area contributed by atoms with Crippen LogP contribution in [-0.2, 0) is 16.0 Å². The molecule has 0 N–H and O–H groups in total. The lowest BCUT2D eigenvalue weighted by Gasteiger charge is -2.27. The molecule has 2 amide bonds. The molecule has 1 aliphatic carbocycles. The molecule has 0 radical (unpaired) electrons. The van der Waals surface area contributed by atoms with Crippen molar-refractivity contribution < 1.29 is 24.0 Å². The number of carbonyl (C=O) groups excluding carboxylic acids is 2. The van der Waals surface area contributed by atoms with Crippen LogP contribution in [0, 0.1) is 17.0 Å². The van der Waals surface area contributed by atoms with Crippen molar-refractivity contribution in [2.24, 2.45) is 4.99 Å². The maximum atomic E-state index is 13.5. The van der Waals surface area contributed by atoms with Crippen LogP contribution < -0.4 is 14.5 Å². The topological polar surface area (TPSA) is 127 Å². The summed E-state index contributed by atoms with van der Waals surface area (Å²) in [7, 11) is 1.56. The molecule has 5 rings (SSSR count). The van der Waals surface area contributed by atoms with E-state index >= 15 is 0 Å². The van der Waals surface area contributed by atoms with Crippen molar-refractivity contribution in [2.45, 2.75) is 51.5 Å². The Bertz CT molecular complexity index is 1330. The van der Waals surface area contributed by atoms with E-state index in [2.05, 4.69) is 9.98 Å². The molecular formula is C26H27N5O6. The number of rotatable bonds is 6. The summed E-state index contributed by atoms with van der Waals surface area (Å²) in [6.07, 6.45) is 6.68. The summed E-state index contributed by atoms with van der Waals surface area (Å²) in [5.41, 5.74) is 3.42. The minimum atomic E-state index is -0.701. The maximum absolute atomic E-state index is 13.5. The molecule has 192 valence electrons. The van der Waals surface area contributed by atoms with Gasteiger partial charge in [-0.15, -0.1) is 0 Å². The fourth-order valence-corrected chi connectivity index (χ4v) is 5.09. The van der Waals surface area contributed by atoms with Crippen molar-refractivity contribution >= 4 is 35.0 Å². The molecule has 0 unspecified atom stereocenters. The standard InChI is InChI=1S/C26H27N5O6/c1-16-9-20(36-2)7-8-21(16)30(26(33)37-15-17-10-24(27-13-17)31(34)35)23-12-22-18(14-28-23)11-25(32)29(22)19-5-3-4-6-19/h7-9,12-14,19H,3-6,10-11,15H2,1-2H3. The van der Waals surface area contributed by atoms with Gasteiger partial charge in [-0.2, -0.15) is 0 Å². The normalized spacial score (nSPS) is 16.9.